The van der Waals surface area contributed by atoms with Crippen LogP contribution < -0.4 is 5.32 Å². The summed E-state index contributed by atoms with van der Waals surface area (Å²) in [5.74, 6) is -0.145. The Labute approximate surface area is 73.2 Å². The number of carboxylic acids is 1. The molecule has 0 saturated carbocycles. The number of piperidine rings is 1. The van der Waals surface area contributed by atoms with E-state index < -0.39 is 11.4 Å². The van der Waals surface area contributed by atoms with Gasteiger partial charge in [0.1, 0.15) is 0 Å². The zero-order valence-electron chi connectivity index (χ0n) is 7.76. The van der Waals surface area contributed by atoms with Crippen LogP contribution in [0.5, 0.6) is 0 Å². The van der Waals surface area contributed by atoms with Crippen LogP contribution in [0.4, 0.5) is 0 Å². The van der Waals surface area contributed by atoms with Crippen LogP contribution in [0.2, 0.25) is 0 Å². The molecule has 0 bridgehead atoms. The number of aliphatic carboxylic acids is 1. The summed E-state index contributed by atoms with van der Waals surface area (Å²) in [6.07, 6.45) is 1.88. The van der Waals surface area contributed by atoms with E-state index in [4.69, 9.17) is 5.11 Å². The molecule has 2 N–H and O–H groups in total. The van der Waals surface area contributed by atoms with Crippen molar-refractivity contribution in [1.82, 2.24) is 5.32 Å². The summed E-state index contributed by atoms with van der Waals surface area (Å²) in [5, 5.41) is 12.1. The molecule has 2 unspecified atom stereocenters. The van der Waals surface area contributed by atoms with Crippen LogP contribution in [-0.4, -0.2) is 24.2 Å². The summed E-state index contributed by atoms with van der Waals surface area (Å²) >= 11 is 0. The van der Waals surface area contributed by atoms with E-state index in [0.717, 1.165) is 19.4 Å². The van der Waals surface area contributed by atoms with E-state index in [0.29, 0.717) is 12.5 Å². The predicted octanol–water partition coefficient (Wildman–Crippen LogP) is 1.10. The van der Waals surface area contributed by atoms with Crippen molar-refractivity contribution in [2.45, 2.75) is 26.7 Å². The zero-order valence-corrected chi connectivity index (χ0v) is 7.76. The van der Waals surface area contributed by atoms with Crippen LogP contribution in [0, 0.1) is 11.3 Å². The van der Waals surface area contributed by atoms with Crippen molar-refractivity contribution in [2.75, 3.05) is 13.1 Å². The van der Waals surface area contributed by atoms with E-state index >= 15 is 0 Å². The molecule has 1 rings (SSSR count). The van der Waals surface area contributed by atoms with Crippen LogP contribution >= 0.6 is 0 Å². The third-order valence-electron chi connectivity index (χ3n) is 2.78. The first-order valence-electron chi connectivity index (χ1n) is 4.52. The number of carbonyl (C=O) groups is 1. The average molecular weight is 171 g/mol. The summed E-state index contributed by atoms with van der Waals surface area (Å²) in [4.78, 5) is 10.9. The quantitative estimate of drug-likeness (QED) is 0.654. The molecule has 0 aliphatic carbocycles. The molecule has 1 heterocycles. The molecule has 1 aliphatic heterocycles. The van der Waals surface area contributed by atoms with Crippen molar-refractivity contribution in [2.24, 2.45) is 11.3 Å². The molecule has 0 aromatic heterocycles. The van der Waals surface area contributed by atoms with Crippen molar-refractivity contribution in [3.63, 3.8) is 0 Å². The van der Waals surface area contributed by atoms with Crippen molar-refractivity contribution >= 4 is 5.97 Å². The lowest BCUT2D eigenvalue weighted by Crippen LogP contribution is -2.47. The fourth-order valence-electron chi connectivity index (χ4n) is 1.79. The lowest BCUT2D eigenvalue weighted by Gasteiger charge is -2.34. The predicted molar refractivity (Wildman–Crippen MR) is 47.0 cm³/mol. The second-order valence-corrected chi connectivity index (χ2v) is 3.98. The van der Waals surface area contributed by atoms with Gasteiger partial charge in [-0.15, -0.1) is 0 Å². The molecule has 1 aliphatic rings. The van der Waals surface area contributed by atoms with Crippen molar-refractivity contribution < 1.29 is 9.90 Å². The number of hydrogen-bond acceptors (Lipinski definition) is 2. The molecule has 1 fully saturated rings. The molecule has 3 nitrogen and oxygen atoms in total. The summed E-state index contributed by atoms with van der Waals surface area (Å²) in [6, 6.07) is 0. The third kappa shape index (κ3) is 1.78. The van der Waals surface area contributed by atoms with E-state index in [1.54, 1.807) is 0 Å². The lowest BCUT2D eigenvalue weighted by atomic mass is 9.77. The second kappa shape index (κ2) is 3.44. The summed E-state index contributed by atoms with van der Waals surface area (Å²) in [5.41, 5.74) is -0.543. The van der Waals surface area contributed by atoms with Crippen LogP contribution in [-0.2, 0) is 4.79 Å². The molecule has 0 aromatic carbocycles. The van der Waals surface area contributed by atoms with Gasteiger partial charge in [-0.05, 0) is 25.8 Å². The van der Waals surface area contributed by atoms with Gasteiger partial charge in [-0.1, -0.05) is 13.3 Å². The van der Waals surface area contributed by atoms with Gasteiger partial charge in [-0.2, -0.15) is 0 Å². The topological polar surface area (TPSA) is 49.3 Å². The second-order valence-electron chi connectivity index (χ2n) is 3.98. The summed E-state index contributed by atoms with van der Waals surface area (Å²) < 4.78 is 0. The minimum atomic E-state index is -0.673. The minimum absolute atomic E-state index is 0.528. The highest BCUT2D eigenvalue weighted by Crippen LogP contribution is 2.30. The summed E-state index contributed by atoms with van der Waals surface area (Å²) in [7, 11) is 0. The highest BCUT2D eigenvalue weighted by molar-refractivity contribution is 5.74. The Morgan fingerprint density at radius 1 is 1.75 bits per heavy atom. The lowest BCUT2D eigenvalue weighted by molar-refractivity contribution is -0.149. The van der Waals surface area contributed by atoms with Gasteiger partial charge in [0.25, 0.3) is 0 Å². The van der Waals surface area contributed by atoms with Gasteiger partial charge in [0.05, 0.1) is 5.41 Å². The fraction of sp³-hybridized carbons (Fsp3) is 0.889. The Bertz CT molecular complexity index is 181. The number of nitrogens with one attached hydrogen (secondary N) is 1. The highest BCUT2D eigenvalue weighted by Gasteiger charge is 2.37. The van der Waals surface area contributed by atoms with Gasteiger partial charge in [-0.25, -0.2) is 0 Å². The Morgan fingerprint density at radius 3 is 2.92 bits per heavy atom. The van der Waals surface area contributed by atoms with E-state index in [-0.39, 0.29) is 0 Å². The molecule has 3 heteroatoms. The van der Waals surface area contributed by atoms with E-state index in [9.17, 15) is 4.79 Å². The number of rotatable bonds is 2. The van der Waals surface area contributed by atoms with E-state index in [1.165, 1.54) is 0 Å². The van der Waals surface area contributed by atoms with Crippen LogP contribution in [0.15, 0.2) is 0 Å². The SMILES string of the molecule is CCC1CNCC(C)(C(=O)O)C1. The maximum Gasteiger partial charge on any atom is 0.310 e. The monoisotopic (exact) mass is 171 g/mol. The first-order valence-corrected chi connectivity index (χ1v) is 4.52. The number of hydrogen-bond donors (Lipinski definition) is 2. The van der Waals surface area contributed by atoms with Gasteiger partial charge in [-0.3, -0.25) is 4.79 Å². The Balaban J connectivity index is 2.61. The Hall–Kier alpha value is -0.570. The highest BCUT2D eigenvalue weighted by atomic mass is 16.4. The molecule has 0 aromatic rings. The van der Waals surface area contributed by atoms with Crippen molar-refractivity contribution in [1.29, 1.82) is 0 Å². The Kier molecular flexibility index (Phi) is 2.73. The molecular weight excluding hydrogens is 154 g/mol. The zero-order chi connectivity index (χ0) is 9.19. The third-order valence-corrected chi connectivity index (χ3v) is 2.78. The smallest absolute Gasteiger partial charge is 0.310 e. The normalized spacial score (nSPS) is 36.3. The molecule has 2 atom stereocenters. The first-order chi connectivity index (χ1) is 5.58. The standard InChI is InChI=1S/C9H17NO2/c1-3-7-4-9(2,8(11)12)6-10-5-7/h7,10H,3-6H2,1-2H3,(H,11,12). The van der Waals surface area contributed by atoms with Gasteiger partial charge in [0.15, 0.2) is 0 Å². The van der Waals surface area contributed by atoms with Crippen LogP contribution in [0.25, 0.3) is 0 Å². The fourth-order valence-corrected chi connectivity index (χ4v) is 1.79. The average Bonchev–Trinajstić information content (AvgIpc) is 2.04. The first kappa shape index (κ1) is 9.52. The largest absolute Gasteiger partial charge is 0.481 e. The molecule has 0 radical (unpaired) electrons. The maximum absolute atomic E-state index is 10.9. The van der Waals surface area contributed by atoms with Crippen molar-refractivity contribution in [3.05, 3.63) is 0 Å². The van der Waals surface area contributed by atoms with Gasteiger partial charge in [0, 0.05) is 6.54 Å². The molecule has 0 amide bonds. The summed E-state index contributed by atoms with van der Waals surface area (Å²) in [6.45, 7) is 5.52. The molecule has 0 spiro atoms. The van der Waals surface area contributed by atoms with Crippen LogP contribution in [0.1, 0.15) is 26.7 Å². The van der Waals surface area contributed by atoms with Crippen LogP contribution in [0.3, 0.4) is 0 Å². The van der Waals surface area contributed by atoms with Crippen molar-refractivity contribution in [3.8, 4) is 0 Å². The molecule has 70 valence electrons. The van der Waals surface area contributed by atoms with E-state index in [1.807, 2.05) is 6.92 Å². The molecule has 1 saturated heterocycles. The molecular formula is C9H17NO2. The van der Waals surface area contributed by atoms with Gasteiger partial charge < -0.3 is 10.4 Å². The number of carboxylic acid groups (broad SMARTS) is 1. The Morgan fingerprint density at radius 2 is 2.42 bits per heavy atom. The minimum Gasteiger partial charge on any atom is -0.481 e. The maximum atomic E-state index is 10.9. The van der Waals surface area contributed by atoms with Gasteiger partial charge in [0.2, 0.25) is 0 Å². The molecule has 12 heavy (non-hydrogen) atoms. The van der Waals surface area contributed by atoms with E-state index in [2.05, 4.69) is 12.2 Å². The van der Waals surface area contributed by atoms with Gasteiger partial charge >= 0.3 is 5.97 Å².